The zero-order chi connectivity index (χ0) is 17.3. The van der Waals surface area contributed by atoms with Crippen LogP contribution in [0.15, 0.2) is 18.2 Å². The molecule has 24 heavy (non-hydrogen) atoms. The van der Waals surface area contributed by atoms with E-state index < -0.39 is 0 Å². The summed E-state index contributed by atoms with van der Waals surface area (Å²) in [5, 5.41) is 3.53. The summed E-state index contributed by atoms with van der Waals surface area (Å²) in [6.07, 6.45) is 8.31. The zero-order valence-corrected chi connectivity index (χ0v) is 14.9. The lowest BCUT2D eigenvalue weighted by molar-refractivity contribution is -0.119. The maximum Gasteiger partial charge on any atom is 0.190 e. The highest BCUT2D eigenvalue weighted by molar-refractivity contribution is 5.99. The number of allylic oxidation sites excluding steroid dienone is 1. The Balaban J connectivity index is 2.00. The van der Waals surface area contributed by atoms with Crippen molar-refractivity contribution < 1.29 is 4.79 Å². The number of benzene rings is 1. The Bertz CT molecular complexity index is 731. The van der Waals surface area contributed by atoms with Gasteiger partial charge in [0.1, 0.15) is 0 Å². The van der Waals surface area contributed by atoms with Crippen LogP contribution in [0.3, 0.4) is 0 Å². The van der Waals surface area contributed by atoms with Crippen molar-refractivity contribution in [1.29, 1.82) is 0 Å². The number of hydrogen-bond acceptors (Lipinski definition) is 2. The molecule has 1 fully saturated rings. The summed E-state index contributed by atoms with van der Waals surface area (Å²) in [6, 6.07) is 4.06. The first-order valence-corrected chi connectivity index (χ1v) is 8.95. The third-order valence-corrected chi connectivity index (χ3v) is 5.23. The predicted octanol–water partition coefficient (Wildman–Crippen LogP) is 4.96. The number of carbonyl (C=O) groups is 1. The Morgan fingerprint density at radius 2 is 2.00 bits per heavy atom. The number of carbonyl (C=O) groups excluding carboxylic acids is 1. The van der Waals surface area contributed by atoms with Gasteiger partial charge < -0.3 is 5.32 Å². The number of nitrogens with zero attached hydrogens (tertiary/aromatic N) is 1. The van der Waals surface area contributed by atoms with Gasteiger partial charge in [0, 0.05) is 23.2 Å². The Labute approximate surface area is 145 Å². The van der Waals surface area contributed by atoms with Crippen LogP contribution < -0.4 is 5.32 Å². The molecule has 1 aliphatic heterocycles. The van der Waals surface area contributed by atoms with Crippen LogP contribution >= 0.6 is 0 Å². The molecule has 1 aliphatic carbocycles. The molecule has 0 unspecified atom stereocenters. The zero-order valence-electron chi connectivity index (χ0n) is 14.9. The van der Waals surface area contributed by atoms with Crippen LogP contribution in [-0.4, -0.2) is 11.3 Å². The first-order valence-electron chi connectivity index (χ1n) is 8.95. The van der Waals surface area contributed by atoms with Gasteiger partial charge in [0.05, 0.1) is 6.57 Å². The van der Waals surface area contributed by atoms with E-state index in [2.05, 4.69) is 30.1 Å². The second kappa shape index (κ2) is 6.43. The van der Waals surface area contributed by atoms with E-state index in [1.54, 1.807) is 6.08 Å². The summed E-state index contributed by atoms with van der Waals surface area (Å²) in [5.74, 6) is 0.415. The molecule has 3 rings (SSSR count). The molecule has 0 atom stereocenters. The predicted molar refractivity (Wildman–Crippen MR) is 97.9 cm³/mol. The molecule has 0 amide bonds. The van der Waals surface area contributed by atoms with E-state index in [0.29, 0.717) is 5.69 Å². The van der Waals surface area contributed by atoms with Gasteiger partial charge in [-0.25, -0.2) is 4.85 Å². The van der Waals surface area contributed by atoms with Gasteiger partial charge in [-0.1, -0.05) is 25.3 Å². The molecule has 0 spiro atoms. The number of rotatable bonds is 2. The monoisotopic (exact) mass is 322 g/mol. The second-order valence-electron chi connectivity index (χ2n) is 7.89. The largest absolute Gasteiger partial charge is 0.379 e. The normalized spacial score (nSPS) is 21.7. The quantitative estimate of drug-likeness (QED) is 0.616. The van der Waals surface area contributed by atoms with Gasteiger partial charge in [-0.05, 0) is 62.8 Å². The molecular weight excluding hydrogens is 296 g/mol. The van der Waals surface area contributed by atoms with Gasteiger partial charge in [0.15, 0.2) is 11.5 Å². The van der Waals surface area contributed by atoms with E-state index in [0.717, 1.165) is 48.9 Å². The molecular formula is C21H26N2O. The molecule has 3 heteroatoms. The maximum absolute atomic E-state index is 12.7. The number of hydrogen-bond donors (Lipinski definition) is 1. The van der Waals surface area contributed by atoms with E-state index in [4.69, 9.17) is 6.57 Å². The lowest BCUT2D eigenvalue weighted by Crippen LogP contribution is -2.44. The fraction of sp³-hybridized carbons (Fsp3) is 0.524. The Morgan fingerprint density at radius 3 is 2.67 bits per heavy atom. The fourth-order valence-electron chi connectivity index (χ4n) is 3.99. The Hall–Kier alpha value is -2.08. The van der Waals surface area contributed by atoms with E-state index in [9.17, 15) is 4.79 Å². The van der Waals surface area contributed by atoms with Gasteiger partial charge in [-0.3, -0.25) is 4.79 Å². The summed E-state index contributed by atoms with van der Waals surface area (Å²) in [6.45, 7) is 13.7. The minimum atomic E-state index is -0.0856. The average Bonchev–Trinajstić information content (AvgIpc) is 2.54. The molecule has 0 bridgehead atoms. The molecule has 1 saturated carbocycles. The molecule has 1 aromatic rings. The molecule has 3 nitrogen and oxygen atoms in total. The van der Waals surface area contributed by atoms with Crippen LogP contribution in [0.1, 0.15) is 62.6 Å². The number of aryl methyl sites for hydroxylation is 1. The van der Waals surface area contributed by atoms with Crippen molar-refractivity contribution in [2.45, 2.75) is 64.8 Å². The van der Waals surface area contributed by atoms with Gasteiger partial charge in [0.25, 0.3) is 0 Å². The molecule has 1 heterocycles. The summed E-state index contributed by atoms with van der Waals surface area (Å²) < 4.78 is 0. The first-order chi connectivity index (χ1) is 11.4. The molecule has 1 aromatic carbocycles. The minimum Gasteiger partial charge on any atom is -0.379 e. The van der Waals surface area contributed by atoms with Crippen molar-refractivity contribution in [2.24, 2.45) is 5.92 Å². The second-order valence-corrected chi connectivity index (χ2v) is 7.89. The lowest BCUT2D eigenvalue weighted by Gasteiger charge is -2.36. The molecule has 0 saturated heterocycles. The molecule has 1 N–H and O–H groups in total. The molecule has 0 aromatic heterocycles. The maximum atomic E-state index is 12.7. The van der Waals surface area contributed by atoms with Crippen LogP contribution in [0.25, 0.3) is 10.5 Å². The van der Waals surface area contributed by atoms with Crippen LogP contribution in [0, 0.1) is 19.4 Å². The van der Waals surface area contributed by atoms with Crippen LogP contribution in [0.5, 0.6) is 0 Å². The third-order valence-electron chi connectivity index (χ3n) is 5.23. The summed E-state index contributed by atoms with van der Waals surface area (Å²) >= 11 is 0. The fourth-order valence-corrected chi connectivity index (χ4v) is 3.99. The summed E-state index contributed by atoms with van der Waals surface area (Å²) in [4.78, 5) is 16.4. The Kier molecular flexibility index (Phi) is 4.49. The van der Waals surface area contributed by atoms with Crippen LogP contribution in [-0.2, 0) is 11.2 Å². The van der Waals surface area contributed by atoms with E-state index in [1.165, 1.54) is 12.0 Å². The molecule has 2 aliphatic rings. The van der Waals surface area contributed by atoms with Crippen molar-refractivity contribution >= 4 is 17.2 Å². The molecule has 0 radical (unpaired) electrons. The van der Waals surface area contributed by atoms with E-state index in [-0.39, 0.29) is 17.2 Å². The van der Waals surface area contributed by atoms with Gasteiger partial charge in [-0.15, -0.1) is 0 Å². The highest BCUT2D eigenvalue weighted by Gasteiger charge is 2.29. The highest BCUT2D eigenvalue weighted by Crippen LogP contribution is 2.35. The minimum absolute atomic E-state index is 0.0856. The SMILES string of the molecule is [C-]#[N+]c1cc2c(cc1C)CC(C)(C)N/C2=C\C(=O)C1CCCCC1. The van der Waals surface area contributed by atoms with Gasteiger partial charge in [0.2, 0.25) is 0 Å². The van der Waals surface area contributed by atoms with E-state index >= 15 is 0 Å². The van der Waals surface area contributed by atoms with Crippen LogP contribution in [0.2, 0.25) is 0 Å². The number of nitrogens with one attached hydrogen (secondary N) is 1. The van der Waals surface area contributed by atoms with Gasteiger partial charge in [-0.2, -0.15) is 0 Å². The third kappa shape index (κ3) is 3.38. The standard InChI is InChI=1S/C21H26N2O/c1-14-10-16-13-21(2,3)23-19(17(16)11-18(14)22-4)12-20(24)15-8-6-5-7-9-15/h10-12,15,23H,5-9,13H2,1-3H3/b19-12-. The van der Waals surface area contributed by atoms with Crippen molar-refractivity contribution in [3.05, 3.63) is 46.3 Å². The summed E-state index contributed by atoms with van der Waals surface area (Å²) in [5.41, 5.74) is 4.74. The van der Waals surface area contributed by atoms with E-state index in [1.807, 2.05) is 13.0 Å². The average molecular weight is 322 g/mol. The van der Waals surface area contributed by atoms with Crippen molar-refractivity contribution in [1.82, 2.24) is 5.32 Å². The topological polar surface area (TPSA) is 33.5 Å². The van der Waals surface area contributed by atoms with Crippen molar-refractivity contribution in [2.75, 3.05) is 0 Å². The lowest BCUT2D eigenvalue weighted by atomic mass is 9.82. The smallest absolute Gasteiger partial charge is 0.190 e. The van der Waals surface area contributed by atoms with Crippen molar-refractivity contribution in [3.8, 4) is 0 Å². The molecule has 126 valence electrons. The summed E-state index contributed by atoms with van der Waals surface area (Å²) in [7, 11) is 0. The Morgan fingerprint density at radius 1 is 1.29 bits per heavy atom. The highest BCUT2D eigenvalue weighted by atomic mass is 16.1. The first kappa shape index (κ1) is 16.8. The van der Waals surface area contributed by atoms with Crippen molar-refractivity contribution in [3.63, 3.8) is 0 Å². The van der Waals surface area contributed by atoms with Gasteiger partial charge >= 0.3 is 0 Å². The number of fused-ring (bicyclic) bond motifs is 1. The van der Waals surface area contributed by atoms with Crippen LogP contribution in [0.4, 0.5) is 5.69 Å². The number of ketones is 1.